The summed E-state index contributed by atoms with van der Waals surface area (Å²) in [6.45, 7) is 3.34. The van der Waals surface area contributed by atoms with Crippen molar-refractivity contribution in [2.24, 2.45) is 0 Å². The molecule has 1 aromatic carbocycles. The number of nitrogen functional groups attached to an aromatic ring is 1. The van der Waals surface area contributed by atoms with Crippen LogP contribution in [0.1, 0.15) is 30.7 Å². The molecular weight excluding hydrogens is 494 g/mol. The first-order valence-electron chi connectivity index (χ1n) is 11.1. The number of hydrogen-bond acceptors (Lipinski definition) is 7. The molecule has 10 heteroatoms. The van der Waals surface area contributed by atoms with Crippen molar-refractivity contribution < 1.29 is 19.0 Å². The van der Waals surface area contributed by atoms with Crippen molar-refractivity contribution in [2.75, 3.05) is 32.0 Å². The number of aliphatic hydroxyl groups excluding tert-OH is 1. The van der Waals surface area contributed by atoms with E-state index in [0.717, 1.165) is 36.3 Å². The van der Waals surface area contributed by atoms with Crippen molar-refractivity contribution in [3.05, 3.63) is 69.9 Å². The maximum Gasteiger partial charge on any atom is 0.166 e. The molecule has 1 atom stereocenters. The Hall–Kier alpha value is -2.91. The molecule has 0 radical (unpaired) electrons. The Kier molecular flexibility index (Phi) is 8.07. The Balaban J connectivity index is 1.66. The molecule has 2 aromatic heterocycles. The van der Waals surface area contributed by atoms with Crippen molar-refractivity contribution in [2.45, 2.75) is 19.4 Å². The number of nitrogens with two attached hydrogens (primary N) is 1. The summed E-state index contributed by atoms with van der Waals surface area (Å²) >= 11 is 12.4. The van der Waals surface area contributed by atoms with E-state index in [1.165, 1.54) is 12.1 Å². The van der Waals surface area contributed by atoms with Crippen LogP contribution in [0.25, 0.3) is 16.7 Å². The summed E-state index contributed by atoms with van der Waals surface area (Å²) in [5.74, 6) is 0.419. The van der Waals surface area contributed by atoms with Crippen LogP contribution in [0, 0.1) is 5.82 Å². The molecule has 0 amide bonds. The van der Waals surface area contributed by atoms with Gasteiger partial charge in [0, 0.05) is 40.7 Å². The normalized spacial score (nSPS) is 14.4. The molecule has 3 aromatic rings. The van der Waals surface area contributed by atoms with Crippen LogP contribution in [0.3, 0.4) is 0 Å². The smallest absolute Gasteiger partial charge is 0.166 e. The summed E-state index contributed by atoms with van der Waals surface area (Å²) in [7, 11) is 0. The van der Waals surface area contributed by atoms with Crippen LogP contribution >= 0.6 is 23.2 Å². The van der Waals surface area contributed by atoms with E-state index < -0.39 is 11.9 Å². The van der Waals surface area contributed by atoms with Crippen molar-refractivity contribution in [1.29, 1.82) is 0 Å². The minimum Gasteiger partial charge on any atom is -0.489 e. The fraction of sp³-hybridized carbons (Fsp3) is 0.280. The molecule has 0 fully saturated rings. The maximum absolute atomic E-state index is 14.0. The summed E-state index contributed by atoms with van der Waals surface area (Å²) in [4.78, 5) is 8.90. The first-order chi connectivity index (χ1) is 16.9. The van der Waals surface area contributed by atoms with Crippen LogP contribution in [0.4, 0.5) is 10.2 Å². The van der Waals surface area contributed by atoms with Crippen LogP contribution in [0.2, 0.25) is 10.0 Å². The fourth-order valence-electron chi connectivity index (χ4n) is 3.82. The number of nitrogens with one attached hydrogen (secondary N) is 1. The highest BCUT2D eigenvalue weighted by Crippen LogP contribution is 2.38. The molecular formula is C25H25Cl2FN4O3. The molecule has 1 aliphatic rings. The van der Waals surface area contributed by atoms with Gasteiger partial charge in [0.25, 0.3) is 0 Å². The van der Waals surface area contributed by atoms with Gasteiger partial charge >= 0.3 is 0 Å². The lowest BCUT2D eigenvalue weighted by atomic mass is 10.0. The van der Waals surface area contributed by atoms with Gasteiger partial charge in [-0.1, -0.05) is 29.3 Å². The average Bonchev–Trinajstić information content (AvgIpc) is 2.87. The van der Waals surface area contributed by atoms with E-state index in [1.807, 2.05) is 6.07 Å². The Bertz CT molecular complexity index is 1260. The number of anilines is 1. The molecule has 3 heterocycles. The van der Waals surface area contributed by atoms with Crippen molar-refractivity contribution in [3.63, 3.8) is 0 Å². The number of rotatable bonds is 8. The van der Waals surface area contributed by atoms with Crippen molar-refractivity contribution in [1.82, 2.24) is 15.3 Å². The van der Waals surface area contributed by atoms with Gasteiger partial charge in [-0.2, -0.15) is 0 Å². The number of nitrogens with zero attached hydrogens (tertiary/aromatic N) is 2. The third-order valence-corrected chi connectivity index (χ3v) is 6.29. The van der Waals surface area contributed by atoms with Gasteiger partial charge in [0.2, 0.25) is 0 Å². The molecule has 184 valence electrons. The maximum atomic E-state index is 14.0. The van der Waals surface area contributed by atoms with Gasteiger partial charge < -0.3 is 25.6 Å². The summed E-state index contributed by atoms with van der Waals surface area (Å²) in [6.07, 6.45) is 5.54. The Morgan fingerprint density at radius 2 is 1.91 bits per heavy atom. The largest absolute Gasteiger partial charge is 0.489 e. The Morgan fingerprint density at radius 1 is 1.17 bits per heavy atom. The number of aliphatic hydroxyl groups is 1. The second-order valence-electron chi connectivity index (χ2n) is 7.95. The van der Waals surface area contributed by atoms with E-state index in [2.05, 4.69) is 21.4 Å². The van der Waals surface area contributed by atoms with E-state index in [1.54, 1.807) is 25.4 Å². The lowest BCUT2D eigenvalue weighted by Gasteiger charge is -2.20. The van der Waals surface area contributed by atoms with Gasteiger partial charge in [-0.05, 0) is 49.7 Å². The molecule has 35 heavy (non-hydrogen) atoms. The predicted molar refractivity (Wildman–Crippen MR) is 135 cm³/mol. The highest BCUT2D eigenvalue weighted by atomic mass is 35.5. The first-order valence-corrected chi connectivity index (χ1v) is 11.8. The molecule has 4 rings (SSSR count). The lowest BCUT2D eigenvalue weighted by Crippen LogP contribution is -2.20. The third kappa shape index (κ3) is 5.67. The van der Waals surface area contributed by atoms with Gasteiger partial charge in [0.15, 0.2) is 11.6 Å². The summed E-state index contributed by atoms with van der Waals surface area (Å²) in [5.41, 5.74) is 9.62. The van der Waals surface area contributed by atoms with E-state index in [4.69, 9.17) is 38.4 Å². The quantitative estimate of drug-likeness (QED) is 0.358. The molecule has 0 saturated carbocycles. The molecule has 4 N–H and O–H groups in total. The second kappa shape index (κ2) is 11.2. The van der Waals surface area contributed by atoms with Crippen LogP contribution in [-0.4, -0.2) is 41.4 Å². The van der Waals surface area contributed by atoms with Gasteiger partial charge in [-0.3, -0.25) is 4.98 Å². The highest BCUT2D eigenvalue weighted by molar-refractivity contribution is 6.36. The van der Waals surface area contributed by atoms with Crippen LogP contribution < -0.4 is 20.5 Å². The number of hydrogen-bond donors (Lipinski definition) is 3. The van der Waals surface area contributed by atoms with Crippen LogP contribution in [0.15, 0.2) is 42.7 Å². The van der Waals surface area contributed by atoms with Gasteiger partial charge in [-0.25, -0.2) is 9.37 Å². The molecule has 0 aliphatic carbocycles. The van der Waals surface area contributed by atoms with E-state index in [-0.39, 0.29) is 34.8 Å². The van der Waals surface area contributed by atoms with Gasteiger partial charge in [0.05, 0.1) is 11.6 Å². The summed E-state index contributed by atoms with van der Waals surface area (Å²) < 4.78 is 25.8. The minimum atomic E-state index is -0.694. The topological polar surface area (TPSA) is 103 Å². The zero-order valence-corrected chi connectivity index (χ0v) is 20.5. The van der Waals surface area contributed by atoms with Crippen molar-refractivity contribution >= 4 is 34.6 Å². The number of aromatic nitrogens is 2. The average molecular weight is 519 g/mol. The molecule has 0 bridgehead atoms. The zero-order chi connectivity index (χ0) is 24.9. The van der Waals surface area contributed by atoms with E-state index >= 15 is 0 Å². The van der Waals surface area contributed by atoms with Crippen LogP contribution in [0.5, 0.6) is 11.5 Å². The molecule has 0 spiro atoms. The number of halogens is 3. The second-order valence-corrected chi connectivity index (χ2v) is 8.74. The van der Waals surface area contributed by atoms with Crippen LogP contribution in [-0.2, 0) is 0 Å². The first kappa shape index (κ1) is 25.2. The highest BCUT2D eigenvalue weighted by Gasteiger charge is 2.21. The van der Waals surface area contributed by atoms with Crippen molar-refractivity contribution in [3.8, 4) is 22.6 Å². The molecule has 0 saturated heterocycles. The van der Waals surface area contributed by atoms with E-state index in [9.17, 15) is 9.50 Å². The molecule has 0 unspecified atom stereocenters. The standard InChI is InChI=1S/C25H25Cl2FN4O3/c1-14(22-18(26)2-3-19(28)23(22)27)35-21-11-17(13-32-25(21)29)16-10-20(34-9-8-33)24(31-12-16)15-4-6-30-7-5-15/h2-4,10-14,30,33H,5-9H2,1H3,(H2,29,32)/t14-/m1/s1. The molecule has 7 nitrogen and oxygen atoms in total. The number of pyridine rings is 2. The monoisotopic (exact) mass is 518 g/mol. The lowest BCUT2D eigenvalue weighted by molar-refractivity contribution is 0.200. The third-order valence-electron chi connectivity index (χ3n) is 5.57. The molecule has 1 aliphatic heterocycles. The number of ether oxygens (including phenoxy) is 2. The SMILES string of the molecule is C[C@@H](Oc1cc(-c2cnc(C3=CCNCC3)c(OCCO)c2)cnc1N)c1c(Cl)ccc(F)c1Cl. The minimum absolute atomic E-state index is 0.106. The summed E-state index contributed by atoms with van der Waals surface area (Å²) in [5, 5.41) is 12.7. The van der Waals surface area contributed by atoms with E-state index in [0.29, 0.717) is 16.9 Å². The summed E-state index contributed by atoms with van der Waals surface area (Å²) in [6, 6.07) is 6.19. The Morgan fingerprint density at radius 3 is 2.63 bits per heavy atom. The number of benzene rings is 1. The van der Waals surface area contributed by atoms with Gasteiger partial charge in [-0.15, -0.1) is 0 Å². The predicted octanol–water partition coefficient (Wildman–Crippen LogP) is 5.06. The Labute approximate surface area is 212 Å². The fourth-order valence-corrected chi connectivity index (χ4v) is 4.50. The zero-order valence-electron chi connectivity index (χ0n) is 19.0. The van der Waals surface area contributed by atoms with Gasteiger partial charge in [0.1, 0.15) is 30.0 Å².